The van der Waals surface area contributed by atoms with E-state index in [0.29, 0.717) is 0 Å². The van der Waals surface area contributed by atoms with Gasteiger partial charge in [0.05, 0.1) is 25.1 Å². The van der Waals surface area contributed by atoms with Gasteiger partial charge in [-0.05, 0) is 6.07 Å². The summed E-state index contributed by atoms with van der Waals surface area (Å²) in [5.74, 6) is -2.62. The smallest absolute Gasteiger partial charge is 0.340 e. The first-order chi connectivity index (χ1) is 9.75. The molecule has 21 heavy (non-hydrogen) atoms. The van der Waals surface area contributed by atoms with Gasteiger partial charge in [0.1, 0.15) is 5.56 Å². The van der Waals surface area contributed by atoms with Crippen molar-refractivity contribution in [1.29, 1.82) is 0 Å². The van der Waals surface area contributed by atoms with Gasteiger partial charge in [0.2, 0.25) is 5.95 Å². The fourth-order valence-electron chi connectivity index (χ4n) is 1.59. The topological polar surface area (TPSA) is 50.2 Å². The summed E-state index contributed by atoms with van der Waals surface area (Å²) in [6, 6.07) is 1.03. The number of hydrogen-bond acceptors (Lipinski definition) is 2. The Morgan fingerprint density at radius 2 is 1.48 bits per heavy atom. The Labute approximate surface area is 143 Å². The number of hydrogen-bond donors (Lipinski definition) is 1. The van der Waals surface area contributed by atoms with Gasteiger partial charge < -0.3 is 5.11 Å². The van der Waals surface area contributed by atoms with E-state index in [-0.39, 0.29) is 36.2 Å². The zero-order valence-corrected chi connectivity index (χ0v) is 13.5. The van der Waals surface area contributed by atoms with Crippen LogP contribution in [0.5, 0.6) is 0 Å². The second-order valence-electron chi connectivity index (χ2n) is 3.81. The van der Waals surface area contributed by atoms with Crippen molar-refractivity contribution in [3.63, 3.8) is 0 Å². The Kier molecular flexibility index (Phi) is 4.85. The number of halogens is 6. The highest BCUT2D eigenvalue weighted by atomic mass is 35.5. The number of benzene rings is 1. The highest BCUT2D eigenvalue weighted by molar-refractivity contribution is 6.56. The molecule has 0 aliphatic rings. The normalized spacial score (nSPS) is 10.8. The maximum atomic E-state index is 13.3. The standard InChI is InChI=1S/C12H3Cl5FNO2/c13-6-5(7(14)9(16)10(17)8(6)15)3-1-4(12(20)21)11(18)19-2-3/h1-2H,(H,20,21). The van der Waals surface area contributed by atoms with Gasteiger partial charge in [-0.15, -0.1) is 0 Å². The Hall–Kier alpha value is -0.780. The van der Waals surface area contributed by atoms with Crippen LogP contribution in [-0.4, -0.2) is 16.1 Å². The van der Waals surface area contributed by atoms with E-state index in [2.05, 4.69) is 4.98 Å². The van der Waals surface area contributed by atoms with Gasteiger partial charge in [-0.3, -0.25) is 0 Å². The molecule has 1 N–H and O–H groups in total. The van der Waals surface area contributed by atoms with Crippen molar-refractivity contribution in [1.82, 2.24) is 4.98 Å². The molecule has 0 saturated carbocycles. The van der Waals surface area contributed by atoms with E-state index in [0.717, 1.165) is 12.3 Å². The zero-order valence-electron chi connectivity index (χ0n) is 9.73. The van der Waals surface area contributed by atoms with E-state index in [1.807, 2.05) is 0 Å². The molecule has 0 bridgehead atoms. The van der Waals surface area contributed by atoms with Crippen molar-refractivity contribution in [2.45, 2.75) is 0 Å². The highest BCUT2D eigenvalue weighted by Gasteiger charge is 2.22. The average Bonchev–Trinajstić information content (AvgIpc) is 2.44. The monoisotopic (exact) mass is 387 g/mol. The molecule has 0 unspecified atom stereocenters. The van der Waals surface area contributed by atoms with E-state index in [4.69, 9.17) is 63.1 Å². The van der Waals surface area contributed by atoms with Crippen LogP contribution >= 0.6 is 58.0 Å². The minimum atomic E-state index is -1.49. The molecule has 9 heteroatoms. The lowest BCUT2D eigenvalue weighted by atomic mass is 10.1. The minimum Gasteiger partial charge on any atom is -0.478 e. The number of carboxylic acid groups (broad SMARTS) is 1. The van der Waals surface area contributed by atoms with Crippen LogP contribution in [0.25, 0.3) is 11.1 Å². The number of pyridine rings is 1. The lowest BCUT2D eigenvalue weighted by molar-refractivity contribution is 0.0691. The average molecular weight is 389 g/mol. The maximum absolute atomic E-state index is 13.3. The molecule has 0 radical (unpaired) electrons. The van der Waals surface area contributed by atoms with Crippen molar-refractivity contribution >= 4 is 64.0 Å². The van der Waals surface area contributed by atoms with E-state index in [1.165, 1.54) is 0 Å². The lowest BCUT2D eigenvalue weighted by Crippen LogP contribution is -2.03. The second kappa shape index (κ2) is 6.15. The first-order valence-corrected chi connectivity index (χ1v) is 7.05. The molecule has 2 rings (SSSR count). The SMILES string of the molecule is O=C(O)c1cc(-c2c(Cl)c(Cl)c(Cl)c(Cl)c2Cl)cnc1F. The number of carboxylic acids is 1. The summed E-state index contributed by atoms with van der Waals surface area (Å²) in [7, 11) is 0. The van der Waals surface area contributed by atoms with E-state index in [1.54, 1.807) is 0 Å². The Balaban J connectivity index is 2.80. The summed E-state index contributed by atoms with van der Waals surface area (Å²) in [6.07, 6.45) is 1.06. The summed E-state index contributed by atoms with van der Waals surface area (Å²) in [5, 5.41) is 8.69. The zero-order chi connectivity index (χ0) is 15.9. The van der Waals surface area contributed by atoms with Crippen molar-refractivity contribution in [2.75, 3.05) is 0 Å². The molecule has 1 aromatic carbocycles. The summed E-state index contributed by atoms with van der Waals surface area (Å²) < 4.78 is 13.3. The van der Waals surface area contributed by atoms with E-state index in [9.17, 15) is 9.18 Å². The van der Waals surface area contributed by atoms with Gasteiger partial charge in [0.15, 0.2) is 0 Å². The van der Waals surface area contributed by atoms with Crippen LogP contribution < -0.4 is 0 Å². The molecule has 3 nitrogen and oxygen atoms in total. The molecular weight excluding hydrogens is 386 g/mol. The molecule has 1 aromatic heterocycles. The first kappa shape index (κ1) is 16.6. The largest absolute Gasteiger partial charge is 0.478 e. The number of nitrogens with zero attached hydrogens (tertiary/aromatic N) is 1. The molecule has 0 spiro atoms. The molecule has 0 aliphatic carbocycles. The van der Waals surface area contributed by atoms with Crippen LogP contribution in [0.15, 0.2) is 12.3 Å². The molecular formula is C12H3Cl5FNO2. The first-order valence-electron chi connectivity index (χ1n) is 5.16. The molecule has 0 saturated heterocycles. The van der Waals surface area contributed by atoms with Gasteiger partial charge in [0, 0.05) is 17.3 Å². The molecule has 0 fully saturated rings. The van der Waals surface area contributed by atoms with Crippen molar-refractivity contribution in [3.8, 4) is 11.1 Å². The summed E-state index contributed by atoms with van der Waals surface area (Å²) >= 11 is 29.8. The van der Waals surface area contributed by atoms with Crippen LogP contribution in [0, 0.1) is 5.95 Å². The van der Waals surface area contributed by atoms with Crippen molar-refractivity contribution in [2.24, 2.45) is 0 Å². The molecule has 1 heterocycles. The highest BCUT2D eigenvalue weighted by Crippen LogP contribution is 2.48. The number of aromatic carboxylic acids is 1. The summed E-state index contributed by atoms with van der Waals surface area (Å²) in [6.45, 7) is 0. The van der Waals surface area contributed by atoms with Crippen molar-refractivity contribution in [3.05, 3.63) is 48.9 Å². The fourth-order valence-corrected chi connectivity index (χ4v) is 2.95. The van der Waals surface area contributed by atoms with Crippen LogP contribution in [0.2, 0.25) is 25.1 Å². The Morgan fingerprint density at radius 3 is 1.95 bits per heavy atom. The third-order valence-corrected chi connectivity index (χ3v) is 4.84. The fraction of sp³-hybridized carbons (Fsp3) is 0. The molecule has 110 valence electrons. The van der Waals surface area contributed by atoms with E-state index >= 15 is 0 Å². The molecule has 0 atom stereocenters. The predicted molar refractivity (Wildman–Crippen MR) is 81.6 cm³/mol. The number of aromatic nitrogens is 1. The maximum Gasteiger partial charge on any atom is 0.340 e. The van der Waals surface area contributed by atoms with Gasteiger partial charge in [-0.2, -0.15) is 4.39 Å². The molecule has 0 aliphatic heterocycles. The van der Waals surface area contributed by atoms with Gasteiger partial charge in [-0.25, -0.2) is 9.78 Å². The third kappa shape index (κ3) is 2.91. The van der Waals surface area contributed by atoms with Gasteiger partial charge in [-0.1, -0.05) is 58.0 Å². The minimum absolute atomic E-state index is 0.0365. The van der Waals surface area contributed by atoms with Crippen LogP contribution in [0.3, 0.4) is 0 Å². The van der Waals surface area contributed by atoms with E-state index < -0.39 is 17.5 Å². The number of carbonyl (C=O) groups is 1. The lowest BCUT2D eigenvalue weighted by Gasteiger charge is -2.13. The van der Waals surface area contributed by atoms with Gasteiger partial charge >= 0.3 is 5.97 Å². The van der Waals surface area contributed by atoms with Crippen molar-refractivity contribution < 1.29 is 14.3 Å². The summed E-state index contributed by atoms with van der Waals surface area (Å²) in [4.78, 5) is 14.3. The predicted octanol–water partition coefficient (Wildman–Crippen LogP) is 5.85. The quantitative estimate of drug-likeness (QED) is 0.398. The molecule has 0 amide bonds. The molecule has 2 aromatic rings. The Morgan fingerprint density at radius 1 is 1.00 bits per heavy atom. The number of rotatable bonds is 2. The second-order valence-corrected chi connectivity index (χ2v) is 5.70. The van der Waals surface area contributed by atoms with Crippen LogP contribution in [0.1, 0.15) is 10.4 Å². The van der Waals surface area contributed by atoms with Gasteiger partial charge in [0.25, 0.3) is 0 Å². The van der Waals surface area contributed by atoms with Crippen LogP contribution in [0.4, 0.5) is 4.39 Å². The summed E-state index contributed by atoms with van der Waals surface area (Å²) in [5.41, 5.74) is -0.376. The third-order valence-electron chi connectivity index (χ3n) is 2.57. The Bertz CT molecular complexity index is 737. The van der Waals surface area contributed by atoms with Crippen LogP contribution in [-0.2, 0) is 0 Å².